The molecule has 1 amide bonds. The minimum Gasteiger partial charge on any atom is -0.340 e. The van der Waals surface area contributed by atoms with Crippen molar-refractivity contribution in [1.29, 1.82) is 0 Å². The number of hydrogen-bond acceptors (Lipinski definition) is 1. The molecule has 0 aromatic heterocycles. The summed E-state index contributed by atoms with van der Waals surface area (Å²) in [5.74, 6) is -0.0573. The fraction of sp³-hybridized carbons (Fsp3) is 0.417. The Labute approximate surface area is 106 Å². The molecule has 0 saturated heterocycles. The van der Waals surface area contributed by atoms with E-state index in [0.717, 1.165) is 5.56 Å². The molecule has 0 aliphatic carbocycles. The number of carbonyl (C=O) groups excluding carboxylic acids is 1. The van der Waals surface area contributed by atoms with Crippen LogP contribution < -0.4 is 0 Å². The van der Waals surface area contributed by atoms with Crippen LogP contribution in [0.2, 0.25) is 5.02 Å². The highest BCUT2D eigenvalue weighted by molar-refractivity contribution is 6.31. The molecular weight excluding hydrogens is 245 g/mol. The maximum Gasteiger partial charge on any atom is 0.253 e. The summed E-state index contributed by atoms with van der Waals surface area (Å²) in [6.07, 6.45) is 0. The number of rotatable bonds is 3. The first kappa shape index (κ1) is 13.3. The minimum absolute atomic E-state index is 0.0573. The van der Waals surface area contributed by atoms with Crippen molar-refractivity contribution in [2.45, 2.75) is 19.2 Å². The lowest BCUT2D eigenvalue weighted by Gasteiger charge is -2.18. The van der Waals surface area contributed by atoms with Crippen molar-refractivity contribution < 1.29 is 4.79 Å². The Kier molecular flexibility index (Phi) is 4.63. The van der Waals surface area contributed by atoms with Gasteiger partial charge in [0.2, 0.25) is 0 Å². The zero-order valence-corrected chi connectivity index (χ0v) is 11.1. The number of carbonyl (C=O) groups is 1. The standard InChI is InChI=1S/C12H15Cl2NO/c1-8-4-10(6-11(14)5-8)12(16)15(3)7-9(2)13/h4-6,9H,7H2,1-3H3. The minimum atomic E-state index is -0.0609. The molecule has 0 radical (unpaired) electrons. The fourth-order valence-corrected chi connectivity index (χ4v) is 2.04. The third-order valence-electron chi connectivity index (χ3n) is 2.16. The van der Waals surface area contributed by atoms with Gasteiger partial charge in [-0.05, 0) is 37.6 Å². The Hall–Kier alpha value is -0.730. The second-order valence-electron chi connectivity index (χ2n) is 3.98. The number of benzene rings is 1. The van der Waals surface area contributed by atoms with Gasteiger partial charge in [-0.15, -0.1) is 11.6 Å². The largest absolute Gasteiger partial charge is 0.340 e. The van der Waals surface area contributed by atoms with E-state index >= 15 is 0 Å². The first-order valence-electron chi connectivity index (χ1n) is 5.07. The molecule has 0 bridgehead atoms. The van der Waals surface area contributed by atoms with Crippen LogP contribution in [0.15, 0.2) is 18.2 Å². The van der Waals surface area contributed by atoms with Gasteiger partial charge in [-0.2, -0.15) is 0 Å². The van der Waals surface area contributed by atoms with Crippen molar-refractivity contribution in [3.63, 3.8) is 0 Å². The SMILES string of the molecule is Cc1cc(Cl)cc(C(=O)N(C)CC(C)Cl)c1. The van der Waals surface area contributed by atoms with Crippen LogP contribution in [0.4, 0.5) is 0 Å². The quantitative estimate of drug-likeness (QED) is 0.763. The zero-order chi connectivity index (χ0) is 12.3. The molecule has 4 heteroatoms. The Balaban J connectivity index is 2.87. The molecule has 88 valence electrons. The summed E-state index contributed by atoms with van der Waals surface area (Å²) in [6, 6.07) is 5.32. The van der Waals surface area contributed by atoms with Crippen molar-refractivity contribution in [2.24, 2.45) is 0 Å². The fourth-order valence-electron chi connectivity index (χ4n) is 1.54. The Morgan fingerprint density at radius 1 is 1.44 bits per heavy atom. The van der Waals surface area contributed by atoms with E-state index in [1.807, 2.05) is 26.0 Å². The van der Waals surface area contributed by atoms with Crippen LogP contribution in [-0.2, 0) is 0 Å². The summed E-state index contributed by atoms with van der Waals surface area (Å²) >= 11 is 11.8. The van der Waals surface area contributed by atoms with Gasteiger partial charge in [0, 0.05) is 29.6 Å². The number of nitrogens with zero attached hydrogens (tertiary/aromatic N) is 1. The first-order valence-corrected chi connectivity index (χ1v) is 5.88. The monoisotopic (exact) mass is 259 g/mol. The average molecular weight is 260 g/mol. The zero-order valence-electron chi connectivity index (χ0n) is 9.63. The summed E-state index contributed by atoms with van der Waals surface area (Å²) in [5.41, 5.74) is 1.58. The highest BCUT2D eigenvalue weighted by atomic mass is 35.5. The Morgan fingerprint density at radius 3 is 2.56 bits per heavy atom. The molecule has 1 aromatic carbocycles. The number of halogens is 2. The van der Waals surface area contributed by atoms with Crippen LogP contribution in [0.5, 0.6) is 0 Å². The Morgan fingerprint density at radius 2 is 2.06 bits per heavy atom. The van der Waals surface area contributed by atoms with Gasteiger partial charge in [-0.3, -0.25) is 4.79 Å². The predicted octanol–water partition coefficient (Wildman–Crippen LogP) is 3.35. The maximum atomic E-state index is 12.0. The van der Waals surface area contributed by atoms with Crippen LogP contribution in [0.25, 0.3) is 0 Å². The normalized spacial score (nSPS) is 12.3. The first-order chi connectivity index (χ1) is 7.40. The van der Waals surface area contributed by atoms with E-state index in [9.17, 15) is 4.79 Å². The molecular formula is C12H15Cl2NO. The molecule has 0 aliphatic heterocycles. The predicted molar refractivity (Wildman–Crippen MR) is 68.5 cm³/mol. The number of aryl methyl sites for hydroxylation is 1. The highest BCUT2D eigenvalue weighted by Crippen LogP contribution is 2.16. The summed E-state index contributed by atoms with van der Waals surface area (Å²) in [6.45, 7) is 4.29. The average Bonchev–Trinajstić information content (AvgIpc) is 2.13. The van der Waals surface area contributed by atoms with Crippen LogP contribution in [-0.4, -0.2) is 29.8 Å². The second kappa shape index (κ2) is 5.55. The van der Waals surface area contributed by atoms with Gasteiger partial charge in [0.05, 0.1) is 0 Å². The molecule has 1 unspecified atom stereocenters. The number of amides is 1. The van der Waals surface area contributed by atoms with E-state index in [1.165, 1.54) is 0 Å². The van der Waals surface area contributed by atoms with E-state index in [-0.39, 0.29) is 11.3 Å². The van der Waals surface area contributed by atoms with Crippen LogP contribution in [0.3, 0.4) is 0 Å². The van der Waals surface area contributed by atoms with E-state index in [2.05, 4.69) is 0 Å². The van der Waals surface area contributed by atoms with Gasteiger partial charge < -0.3 is 4.90 Å². The number of alkyl halides is 1. The molecule has 0 spiro atoms. The molecule has 1 aromatic rings. The molecule has 0 fully saturated rings. The third-order valence-corrected chi connectivity index (χ3v) is 2.52. The second-order valence-corrected chi connectivity index (χ2v) is 5.17. The number of hydrogen-bond donors (Lipinski definition) is 0. The van der Waals surface area contributed by atoms with E-state index in [0.29, 0.717) is 17.1 Å². The Bertz CT molecular complexity index is 370. The van der Waals surface area contributed by atoms with Crippen molar-refractivity contribution >= 4 is 29.1 Å². The van der Waals surface area contributed by atoms with Gasteiger partial charge >= 0.3 is 0 Å². The van der Waals surface area contributed by atoms with E-state index in [4.69, 9.17) is 23.2 Å². The third kappa shape index (κ3) is 3.69. The molecule has 1 rings (SSSR count). The van der Waals surface area contributed by atoms with Gasteiger partial charge in [-0.25, -0.2) is 0 Å². The lowest BCUT2D eigenvalue weighted by atomic mass is 10.1. The van der Waals surface area contributed by atoms with Gasteiger partial charge in [0.25, 0.3) is 5.91 Å². The topological polar surface area (TPSA) is 20.3 Å². The van der Waals surface area contributed by atoms with Gasteiger partial charge in [0.15, 0.2) is 0 Å². The van der Waals surface area contributed by atoms with Crippen molar-refractivity contribution in [3.8, 4) is 0 Å². The molecule has 0 heterocycles. The highest BCUT2D eigenvalue weighted by Gasteiger charge is 2.14. The van der Waals surface area contributed by atoms with E-state index in [1.54, 1.807) is 18.0 Å². The van der Waals surface area contributed by atoms with Crippen molar-refractivity contribution in [1.82, 2.24) is 4.90 Å². The van der Waals surface area contributed by atoms with Crippen molar-refractivity contribution in [3.05, 3.63) is 34.3 Å². The summed E-state index contributed by atoms with van der Waals surface area (Å²) in [4.78, 5) is 13.6. The van der Waals surface area contributed by atoms with Crippen molar-refractivity contribution in [2.75, 3.05) is 13.6 Å². The molecule has 1 atom stereocenters. The lowest BCUT2D eigenvalue weighted by Crippen LogP contribution is -2.31. The maximum absolute atomic E-state index is 12.0. The van der Waals surface area contributed by atoms with E-state index < -0.39 is 0 Å². The smallest absolute Gasteiger partial charge is 0.253 e. The van der Waals surface area contributed by atoms with Gasteiger partial charge in [-0.1, -0.05) is 11.6 Å². The van der Waals surface area contributed by atoms with Crippen LogP contribution >= 0.6 is 23.2 Å². The molecule has 0 saturated carbocycles. The molecule has 16 heavy (non-hydrogen) atoms. The molecule has 0 N–H and O–H groups in total. The summed E-state index contributed by atoms with van der Waals surface area (Å²) < 4.78 is 0. The lowest BCUT2D eigenvalue weighted by molar-refractivity contribution is 0.0796. The summed E-state index contributed by atoms with van der Waals surface area (Å²) in [7, 11) is 1.73. The summed E-state index contributed by atoms with van der Waals surface area (Å²) in [5, 5.41) is 0.518. The van der Waals surface area contributed by atoms with Crippen LogP contribution in [0, 0.1) is 6.92 Å². The molecule has 2 nitrogen and oxygen atoms in total. The molecule has 0 aliphatic rings. The van der Waals surface area contributed by atoms with Gasteiger partial charge in [0.1, 0.15) is 0 Å². The van der Waals surface area contributed by atoms with Crippen LogP contribution in [0.1, 0.15) is 22.8 Å².